The second-order valence-corrected chi connectivity index (χ2v) is 16.3. The molecule has 10 atom stereocenters. The molecule has 2 saturated heterocycles. The molecule has 0 aromatic heterocycles. The monoisotopic (exact) mass is 876 g/mol. The lowest BCUT2D eigenvalue weighted by atomic mass is 9.94. The van der Waals surface area contributed by atoms with Crippen LogP contribution in [0.25, 0.3) is 22.3 Å². The molecule has 10 N–H and O–H groups in total. The zero-order valence-electron chi connectivity index (χ0n) is 35.4. The standard InChI is InChI=1S/C41H46O10.C7H14O5/c1-25-14-15-26(20-32(25)30-12-6-10-28(18-30)22-36(43)44)8-4-2-3-5-9-27-16-17-34(50-41-40(49)39(48)38(47)35(24-42)51-41)33(21-27)31-13-7-11-29(19-31)23-37(45)46;1-3-5(9)7(11)6(10)4(2-8)12-3/h6-7,10-21,35,38-42,47-49H,2-5,8-9,22-24H2,1H3,(H,43,44)(H,45,46);3-11H,2H2,1H3/t35-,38?,39+,40+,41?;3-,4-,5-,6?,7-/m11/s1. The van der Waals surface area contributed by atoms with Crippen molar-refractivity contribution in [3.8, 4) is 28.0 Å². The van der Waals surface area contributed by atoms with Gasteiger partial charge in [0.15, 0.2) is 0 Å². The van der Waals surface area contributed by atoms with Crippen molar-refractivity contribution in [2.24, 2.45) is 0 Å². The molecule has 2 fully saturated rings. The Hall–Kier alpha value is -4.78. The number of aryl methyl sites for hydroxylation is 3. The van der Waals surface area contributed by atoms with Crippen molar-refractivity contribution in [3.63, 3.8) is 0 Å². The van der Waals surface area contributed by atoms with E-state index in [0.717, 1.165) is 66.3 Å². The van der Waals surface area contributed by atoms with E-state index in [2.05, 4.69) is 25.1 Å². The first kappa shape index (κ1) is 49.2. The van der Waals surface area contributed by atoms with Crippen molar-refractivity contribution in [3.05, 3.63) is 113 Å². The van der Waals surface area contributed by atoms with Crippen LogP contribution in [0.3, 0.4) is 0 Å². The molecular weight excluding hydrogens is 817 g/mol. The first-order valence-corrected chi connectivity index (χ1v) is 21.2. The van der Waals surface area contributed by atoms with Gasteiger partial charge >= 0.3 is 11.9 Å². The van der Waals surface area contributed by atoms with E-state index in [0.29, 0.717) is 22.4 Å². The lowest BCUT2D eigenvalue weighted by Gasteiger charge is -2.39. The molecule has 15 nitrogen and oxygen atoms in total. The normalized spacial score (nSPS) is 25.7. The minimum absolute atomic E-state index is 0.00601. The topological polar surface area (TPSA) is 264 Å². The maximum atomic E-state index is 11.4. The molecule has 3 unspecified atom stereocenters. The van der Waals surface area contributed by atoms with Gasteiger partial charge in [0, 0.05) is 5.56 Å². The van der Waals surface area contributed by atoms with Crippen LogP contribution in [0.5, 0.6) is 5.75 Å². The molecule has 0 bridgehead atoms. The number of aliphatic carboxylic acids is 2. The highest BCUT2D eigenvalue weighted by Gasteiger charge is 2.45. The number of carboxylic acid groups (broad SMARTS) is 2. The van der Waals surface area contributed by atoms with Gasteiger partial charge in [-0.25, -0.2) is 0 Å². The number of aliphatic hydroxyl groups excluding tert-OH is 8. The van der Waals surface area contributed by atoms with Crippen molar-refractivity contribution in [1.29, 1.82) is 0 Å². The van der Waals surface area contributed by atoms with Crippen molar-refractivity contribution in [1.82, 2.24) is 0 Å². The van der Waals surface area contributed by atoms with E-state index < -0.39 is 79.8 Å². The molecule has 6 rings (SSSR count). The highest BCUT2D eigenvalue weighted by atomic mass is 16.7. The number of rotatable bonds is 17. The van der Waals surface area contributed by atoms with E-state index in [1.807, 2.05) is 42.5 Å². The number of aliphatic hydroxyl groups is 8. The number of unbranched alkanes of at least 4 members (excludes halogenated alkanes) is 3. The van der Waals surface area contributed by atoms with Gasteiger partial charge in [0.2, 0.25) is 6.29 Å². The predicted octanol–water partition coefficient (Wildman–Crippen LogP) is 2.96. The summed E-state index contributed by atoms with van der Waals surface area (Å²) in [5, 5.41) is 95.6. The molecule has 0 aliphatic carbocycles. The summed E-state index contributed by atoms with van der Waals surface area (Å²) in [7, 11) is 0. The summed E-state index contributed by atoms with van der Waals surface area (Å²) in [4.78, 5) is 22.6. The Morgan fingerprint density at radius 3 is 1.59 bits per heavy atom. The largest absolute Gasteiger partial charge is 0.481 e. The fourth-order valence-electron chi connectivity index (χ4n) is 7.83. The maximum Gasteiger partial charge on any atom is 0.307 e. The zero-order valence-corrected chi connectivity index (χ0v) is 35.4. The molecular formula is C48H60O15. The van der Waals surface area contributed by atoms with Gasteiger partial charge in [-0.2, -0.15) is 0 Å². The summed E-state index contributed by atoms with van der Waals surface area (Å²) in [5.41, 5.74) is 8.31. The number of benzene rings is 4. The van der Waals surface area contributed by atoms with E-state index in [1.54, 1.807) is 31.2 Å². The molecule has 0 spiro atoms. The Morgan fingerprint density at radius 1 is 0.556 bits per heavy atom. The number of carboxylic acids is 2. The van der Waals surface area contributed by atoms with Crippen LogP contribution in [-0.2, 0) is 44.7 Å². The minimum atomic E-state index is -1.59. The molecule has 63 heavy (non-hydrogen) atoms. The maximum absolute atomic E-state index is 11.4. The van der Waals surface area contributed by atoms with Gasteiger partial charge < -0.3 is 65.3 Å². The van der Waals surface area contributed by atoms with Gasteiger partial charge in [-0.15, -0.1) is 0 Å². The molecule has 342 valence electrons. The number of hydrogen-bond acceptors (Lipinski definition) is 13. The van der Waals surface area contributed by atoms with Crippen LogP contribution in [-0.4, -0.2) is 137 Å². The fraction of sp³-hybridized carbons (Fsp3) is 0.458. The first-order chi connectivity index (χ1) is 30.1. The average Bonchev–Trinajstić information content (AvgIpc) is 3.26. The van der Waals surface area contributed by atoms with Crippen molar-refractivity contribution >= 4 is 11.9 Å². The summed E-state index contributed by atoms with van der Waals surface area (Å²) in [6.45, 7) is 2.69. The molecule has 2 aliphatic rings. The summed E-state index contributed by atoms with van der Waals surface area (Å²) in [5.74, 6) is -1.47. The third-order valence-electron chi connectivity index (χ3n) is 11.4. The summed E-state index contributed by atoms with van der Waals surface area (Å²) in [6, 6.07) is 26.9. The highest BCUT2D eigenvalue weighted by Crippen LogP contribution is 2.35. The fourth-order valence-corrected chi connectivity index (χ4v) is 7.83. The van der Waals surface area contributed by atoms with E-state index >= 15 is 0 Å². The highest BCUT2D eigenvalue weighted by molar-refractivity contribution is 5.75. The number of ether oxygens (including phenoxy) is 3. The Balaban J connectivity index is 0.000000538. The van der Waals surface area contributed by atoms with Gasteiger partial charge in [-0.05, 0) is 96.2 Å². The molecule has 4 aromatic rings. The predicted molar refractivity (Wildman–Crippen MR) is 231 cm³/mol. The van der Waals surface area contributed by atoms with Crippen LogP contribution >= 0.6 is 0 Å². The number of hydrogen-bond donors (Lipinski definition) is 10. The van der Waals surface area contributed by atoms with E-state index in [9.17, 15) is 55.5 Å². The summed E-state index contributed by atoms with van der Waals surface area (Å²) in [6.07, 6.45) is -6.49. The molecule has 2 aliphatic heterocycles. The van der Waals surface area contributed by atoms with E-state index in [4.69, 9.17) is 19.3 Å². The van der Waals surface area contributed by atoms with Crippen LogP contribution < -0.4 is 4.74 Å². The first-order valence-electron chi connectivity index (χ1n) is 21.2. The van der Waals surface area contributed by atoms with Gasteiger partial charge in [-0.3, -0.25) is 9.59 Å². The average molecular weight is 877 g/mol. The van der Waals surface area contributed by atoms with Crippen LogP contribution in [0.1, 0.15) is 60.4 Å². The molecule has 0 amide bonds. The second kappa shape index (κ2) is 23.2. The Morgan fingerprint density at radius 2 is 1.05 bits per heavy atom. The Labute approximate surface area is 366 Å². The Bertz CT molecular complexity index is 2100. The SMILES string of the molecule is C[C@H]1O[C@H](CO)C(O)[C@H](O)[C@@H]1O.Cc1ccc(CCCCCCc2ccc(OC3O[C@H](CO)C(O)[C@H](O)[C@@H]3O)c(-c3cccc(CC(=O)O)c3)c2)cc1-c1cccc(CC(=O)O)c1. The second-order valence-electron chi connectivity index (χ2n) is 16.3. The van der Waals surface area contributed by atoms with Crippen LogP contribution in [0.4, 0.5) is 0 Å². The van der Waals surface area contributed by atoms with Gasteiger partial charge in [0.25, 0.3) is 0 Å². The molecule has 2 heterocycles. The van der Waals surface area contributed by atoms with Crippen molar-refractivity contribution in [2.45, 2.75) is 126 Å². The van der Waals surface area contributed by atoms with Crippen molar-refractivity contribution < 1.29 is 74.9 Å². The molecule has 0 radical (unpaired) electrons. The quantitative estimate of drug-likeness (QED) is 0.0684. The van der Waals surface area contributed by atoms with Gasteiger partial charge in [-0.1, -0.05) is 85.6 Å². The van der Waals surface area contributed by atoms with E-state index in [-0.39, 0.29) is 19.4 Å². The van der Waals surface area contributed by atoms with E-state index in [1.165, 1.54) is 5.56 Å². The zero-order chi connectivity index (χ0) is 45.8. The summed E-state index contributed by atoms with van der Waals surface area (Å²) >= 11 is 0. The van der Waals surface area contributed by atoms with Gasteiger partial charge in [0.05, 0.1) is 32.2 Å². The van der Waals surface area contributed by atoms with Crippen molar-refractivity contribution in [2.75, 3.05) is 13.2 Å². The smallest absolute Gasteiger partial charge is 0.307 e. The van der Waals surface area contributed by atoms with Crippen LogP contribution in [0, 0.1) is 6.92 Å². The third kappa shape index (κ3) is 13.4. The molecule has 4 aromatic carbocycles. The minimum Gasteiger partial charge on any atom is -0.481 e. The van der Waals surface area contributed by atoms with Crippen LogP contribution in [0.2, 0.25) is 0 Å². The molecule has 15 heteroatoms. The number of carbonyl (C=O) groups is 2. The van der Waals surface area contributed by atoms with Gasteiger partial charge in [0.1, 0.15) is 54.6 Å². The lowest BCUT2D eigenvalue weighted by molar-refractivity contribution is -0.277. The molecule has 0 saturated carbocycles. The summed E-state index contributed by atoms with van der Waals surface area (Å²) < 4.78 is 16.7. The van der Waals surface area contributed by atoms with Crippen LogP contribution in [0.15, 0.2) is 84.9 Å². The Kier molecular flexibility index (Phi) is 18.2. The third-order valence-corrected chi connectivity index (χ3v) is 11.4. The lowest BCUT2D eigenvalue weighted by Crippen LogP contribution is -2.60.